The predicted octanol–water partition coefficient (Wildman–Crippen LogP) is 2.80. The molecule has 6 nitrogen and oxygen atoms in total. The number of nitrogens with one attached hydrogen (secondary N) is 1. The maximum atomic E-state index is 6.19. The third-order valence-corrected chi connectivity index (χ3v) is 4.91. The summed E-state index contributed by atoms with van der Waals surface area (Å²) in [4.78, 5) is 14.4. The Bertz CT molecular complexity index is 859. The Hall–Kier alpha value is -2.34. The van der Waals surface area contributed by atoms with Gasteiger partial charge in [-0.25, -0.2) is 9.97 Å². The van der Waals surface area contributed by atoms with Crippen LogP contribution in [0.15, 0.2) is 24.5 Å². The Kier molecular flexibility index (Phi) is 3.98. The number of piperidine rings is 1. The molecule has 4 rings (SSSR count). The molecule has 24 heavy (non-hydrogen) atoms. The average molecular weight is 325 g/mol. The number of nitrogens with two attached hydrogens (primary N) is 1. The molecular weight excluding hydrogens is 302 g/mol. The van der Waals surface area contributed by atoms with Crippen molar-refractivity contribution in [3.63, 3.8) is 0 Å². The minimum absolute atomic E-state index is 0.440. The number of nitrogens with zero attached hydrogens (tertiary/aromatic N) is 3. The van der Waals surface area contributed by atoms with Crippen molar-refractivity contribution < 1.29 is 4.74 Å². The Morgan fingerprint density at radius 1 is 1.42 bits per heavy atom. The molecule has 3 aromatic rings. The maximum Gasteiger partial charge on any atom is 0.171 e. The Morgan fingerprint density at radius 2 is 2.33 bits per heavy atom. The fraction of sp³-hybridized carbons (Fsp3) is 0.444. The van der Waals surface area contributed by atoms with Gasteiger partial charge in [-0.15, -0.1) is 0 Å². The van der Waals surface area contributed by atoms with E-state index in [1.165, 1.54) is 19.4 Å². The second-order valence-corrected chi connectivity index (χ2v) is 6.50. The predicted molar refractivity (Wildman–Crippen MR) is 96.1 cm³/mol. The van der Waals surface area contributed by atoms with Gasteiger partial charge in [0.1, 0.15) is 5.65 Å². The van der Waals surface area contributed by atoms with E-state index in [0.29, 0.717) is 24.1 Å². The zero-order chi connectivity index (χ0) is 16.5. The van der Waals surface area contributed by atoms with E-state index in [9.17, 15) is 0 Å². The van der Waals surface area contributed by atoms with Gasteiger partial charge in [0.15, 0.2) is 11.6 Å². The molecule has 1 saturated heterocycles. The number of hydrogen-bond acceptors (Lipinski definition) is 5. The van der Waals surface area contributed by atoms with Crippen LogP contribution in [0.3, 0.4) is 0 Å². The van der Waals surface area contributed by atoms with Gasteiger partial charge < -0.3 is 20.4 Å². The van der Waals surface area contributed by atoms with E-state index in [-0.39, 0.29) is 0 Å². The molecule has 126 valence electrons. The molecule has 3 N–H and O–H groups in total. The Labute approximate surface area is 141 Å². The second kappa shape index (κ2) is 6.28. The van der Waals surface area contributed by atoms with E-state index in [1.807, 2.05) is 12.1 Å². The van der Waals surface area contributed by atoms with Crippen LogP contribution < -0.4 is 10.5 Å². The molecule has 0 amide bonds. The molecule has 1 aliphatic heterocycles. The van der Waals surface area contributed by atoms with Crippen LogP contribution in [-0.4, -0.2) is 46.1 Å². The first-order valence-electron chi connectivity index (χ1n) is 8.62. The van der Waals surface area contributed by atoms with E-state index in [0.717, 1.165) is 35.0 Å². The summed E-state index contributed by atoms with van der Waals surface area (Å²) >= 11 is 0. The van der Waals surface area contributed by atoms with E-state index < -0.39 is 0 Å². The van der Waals surface area contributed by atoms with Crippen LogP contribution in [0.25, 0.3) is 21.9 Å². The molecule has 1 aliphatic rings. The van der Waals surface area contributed by atoms with Crippen LogP contribution >= 0.6 is 0 Å². The number of likely N-dealkylation sites (tertiary alicyclic amines) is 1. The van der Waals surface area contributed by atoms with E-state index in [4.69, 9.17) is 10.5 Å². The molecule has 1 fully saturated rings. The quantitative estimate of drug-likeness (QED) is 0.771. The molecule has 6 heteroatoms. The summed E-state index contributed by atoms with van der Waals surface area (Å²) in [5.74, 6) is 1.66. The van der Waals surface area contributed by atoms with Crippen molar-refractivity contribution in [3.8, 4) is 5.75 Å². The number of rotatable bonds is 4. The maximum absolute atomic E-state index is 6.19. The molecule has 3 aromatic heterocycles. The van der Waals surface area contributed by atoms with Crippen molar-refractivity contribution in [1.82, 2.24) is 19.9 Å². The molecular formula is C18H23N5O. The van der Waals surface area contributed by atoms with Crippen LogP contribution in [0.4, 0.5) is 5.82 Å². The van der Waals surface area contributed by atoms with Gasteiger partial charge in [0.05, 0.1) is 23.7 Å². The molecule has 1 atom stereocenters. The summed E-state index contributed by atoms with van der Waals surface area (Å²) in [5.41, 5.74) is 7.87. The highest BCUT2D eigenvalue weighted by atomic mass is 16.5. The lowest BCUT2D eigenvalue weighted by molar-refractivity contribution is 0.136. The first-order valence-corrected chi connectivity index (χ1v) is 8.62. The first-order chi connectivity index (χ1) is 11.8. The summed E-state index contributed by atoms with van der Waals surface area (Å²) in [6, 6.07) is 3.96. The highest BCUT2D eigenvalue weighted by molar-refractivity contribution is 6.10. The number of anilines is 1. The highest BCUT2D eigenvalue weighted by Crippen LogP contribution is 2.35. The lowest BCUT2D eigenvalue weighted by Gasteiger charge is -2.31. The molecule has 4 heterocycles. The van der Waals surface area contributed by atoms with Crippen LogP contribution in [0.2, 0.25) is 0 Å². The summed E-state index contributed by atoms with van der Waals surface area (Å²) in [5, 5.41) is 2.00. The van der Waals surface area contributed by atoms with E-state index in [1.54, 1.807) is 12.4 Å². The summed E-state index contributed by atoms with van der Waals surface area (Å²) in [6.45, 7) is 6.28. The number of hydrogen-bond donors (Lipinski definition) is 2. The van der Waals surface area contributed by atoms with Gasteiger partial charge >= 0.3 is 0 Å². The van der Waals surface area contributed by atoms with Gasteiger partial charge in [0.2, 0.25) is 0 Å². The molecule has 0 bridgehead atoms. The van der Waals surface area contributed by atoms with Crippen LogP contribution in [0, 0.1) is 5.92 Å². The Balaban J connectivity index is 1.64. The fourth-order valence-corrected chi connectivity index (χ4v) is 3.63. The van der Waals surface area contributed by atoms with Crippen molar-refractivity contribution in [2.75, 3.05) is 32.0 Å². The van der Waals surface area contributed by atoms with Crippen molar-refractivity contribution in [2.45, 2.75) is 19.8 Å². The number of aromatic nitrogens is 3. The number of aromatic amines is 1. The fourth-order valence-electron chi connectivity index (χ4n) is 3.63. The largest absolute Gasteiger partial charge is 0.489 e. The smallest absolute Gasteiger partial charge is 0.171 e. The Morgan fingerprint density at radius 3 is 3.21 bits per heavy atom. The van der Waals surface area contributed by atoms with Crippen molar-refractivity contribution >= 4 is 27.8 Å². The van der Waals surface area contributed by atoms with Gasteiger partial charge in [-0.05, 0) is 38.1 Å². The normalized spacial score (nSPS) is 19.1. The number of ether oxygens (including phenoxy) is 1. The average Bonchev–Trinajstić information content (AvgIpc) is 3.00. The van der Waals surface area contributed by atoms with Crippen molar-refractivity contribution in [2.24, 2.45) is 5.92 Å². The van der Waals surface area contributed by atoms with Gasteiger partial charge in [-0.3, -0.25) is 0 Å². The van der Waals surface area contributed by atoms with Crippen LogP contribution in [0.5, 0.6) is 5.75 Å². The molecule has 0 unspecified atom stereocenters. The zero-order valence-electron chi connectivity index (χ0n) is 14.0. The number of fused-ring (bicyclic) bond motifs is 3. The summed E-state index contributed by atoms with van der Waals surface area (Å²) in [6.07, 6.45) is 5.96. The minimum Gasteiger partial charge on any atom is -0.489 e. The summed E-state index contributed by atoms with van der Waals surface area (Å²) < 4.78 is 6.19. The first kappa shape index (κ1) is 15.2. The molecule has 0 saturated carbocycles. The van der Waals surface area contributed by atoms with Crippen molar-refractivity contribution in [1.29, 1.82) is 0 Å². The standard InChI is InChI=1S/C18H23N5O/c1-2-23-8-4-5-12(10-23)11-24-16-15-13-6-3-7-20-18(13)22-14(15)9-21-17(16)19/h3,6-7,9,12H,2,4-5,8,10-11H2,1H3,(H2,19,21)(H,20,22)/t12-/m0/s1. The monoisotopic (exact) mass is 325 g/mol. The minimum atomic E-state index is 0.440. The van der Waals surface area contributed by atoms with Crippen LogP contribution in [0.1, 0.15) is 19.8 Å². The van der Waals surface area contributed by atoms with Gasteiger partial charge in [-0.2, -0.15) is 0 Å². The lowest BCUT2D eigenvalue weighted by Crippen LogP contribution is -2.37. The summed E-state index contributed by atoms with van der Waals surface area (Å²) in [7, 11) is 0. The topological polar surface area (TPSA) is 80.1 Å². The number of H-pyrrole nitrogens is 1. The third kappa shape index (κ3) is 2.67. The van der Waals surface area contributed by atoms with Gasteiger partial charge in [-0.1, -0.05) is 6.92 Å². The number of pyridine rings is 2. The SMILES string of the molecule is CCN1CCC[C@H](COc2c(N)ncc3[nH]c4ncccc4c23)C1. The lowest BCUT2D eigenvalue weighted by atomic mass is 9.99. The molecule has 0 aliphatic carbocycles. The third-order valence-electron chi connectivity index (χ3n) is 4.91. The van der Waals surface area contributed by atoms with E-state index in [2.05, 4.69) is 26.8 Å². The number of nitrogen functional groups attached to an aromatic ring is 1. The molecule has 0 spiro atoms. The van der Waals surface area contributed by atoms with Gasteiger partial charge in [0, 0.05) is 24.0 Å². The zero-order valence-corrected chi connectivity index (χ0v) is 14.0. The molecule has 0 radical (unpaired) electrons. The second-order valence-electron chi connectivity index (χ2n) is 6.50. The molecule has 0 aromatic carbocycles. The van der Waals surface area contributed by atoms with Crippen LogP contribution in [-0.2, 0) is 0 Å². The van der Waals surface area contributed by atoms with Gasteiger partial charge in [0.25, 0.3) is 0 Å². The highest BCUT2D eigenvalue weighted by Gasteiger charge is 2.21. The van der Waals surface area contributed by atoms with Crippen molar-refractivity contribution in [3.05, 3.63) is 24.5 Å². The van der Waals surface area contributed by atoms with E-state index >= 15 is 0 Å².